The predicted octanol–water partition coefficient (Wildman–Crippen LogP) is 4.56. The molecule has 1 aliphatic heterocycles. The van der Waals surface area contributed by atoms with Gasteiger partial charge in [0.1, 0.15) is 18.0 Å². The second-order valence-electron chi connectivity index (χ2n) is 8.39. The molecular formula is C25H25F3N6O3. The summed E-state index contributed by atoms with van der Waals surface area (Å²) in [5.74, 6) is 0.366. The summed E-state index contributed by atoms with van der Waals surface area (Å²) in [6.45, 7) is 4.33. The van der Waals surface area contributed by atoms with Crippen molar-refractivity contribution >= 4 is 34.9 Å². The van der Waals surface area contributed by atoms with E-state index >= 15 is 0 Å². The minimum absolute atomic E-state index is 0.138. The molecule has 0 unspecified atom stereocenters. The fourth-order valence-corrected chi connectivity index (χ4v) is 3.66. The molecule has 0 bridgehead atoms. The Kier molecular flexibility index (Phi) is 7.58. The van der Waals surface area contributed by atoms with Crippen LogP contribution in [-0.2, 0) is 10.9 Å². The topological polar surface area (TPSA) is 99.7 Å². The van der Waals surface area contributed by atoms with Gasteiger partial charge in [0.25, 0.3) is 5.91 Å². The zero-order valence-electron chi connectivity index (χ0n) is 20.2. The van der Waals surface area contributed by atoms with Gasteiger partial charge in [-0.05, 0) is 42.8 Å². The average molecular weight is 515 g/mol. The molecule has 37 heavy (non-hydrogen) atoms. The number of nitrogens with one attached hydrogen (secondary N) is 2. The van der Waals surface area contributed by atoms with Gasteiger partial charge in [0, 0.05) is 43.1 Å². The molecule has 0 radical (unpaired) electrons. The molecule has 3 amide bonds. The van der Waals surface area contributed by atoms with Gasteiger partial charge >= 0.3 is 12.2 Å². The van der Waals surface area contributed by atoms with E-state index in [0.29, 0.717) is 49.3 Å². The molecule has 0 atom stereocenters. The first-order valence-electron chi connectivity index (χ1n) is 11.4. The predicted molar refractivity (Wildman–Crippen MR) is 133 cm³/mol. The van der Waals surface area contributed by atoms with Crippen molar-refractivity contribution in [3.8, 4) is 0 Å². The lowest BCUT2D eigenvalue weighted by Crippen LogP contribution is -2.37. The summed E-state index contributed by atoms with van der Waals surface area (Å²) in [4.78, 5) is 37.4. The van der Waals surface area contributed by atoms with Crippen molar-refractivity contribution in [2.45, 2.75) is 13.1 Å². The number of urea groups is 1. The van der Waals surface area contributed by atoms with Crippen LogP contribution >= 0.6 is 0 Å². The molecule has 4 rings (SSSR count). The smallest absolute Gasteiger partial charge is 0.378 e. The number of benzene rings is 2. The number of halogens is 3. The summed E-state index contributed by atoms with van der Waals surface area (Å²) in [7, 11) is 1.56. The molecule has 3 aromatic rings. The lowest BCUT2D eigenvalue weighted by molar-refractivity contribution is -0.137. The van der Waals surface area contributed by atoms with E-state index in [9.17, 15) is 22.8 Å². The SMILES string of the molecule is Cc1ccc(NC(=O)c2cccc(C(F)(F)F)c2)cc1NC(=O)N(C)c1cc(N2CCOCC2)ncn1. The van der Waals surface area contributed by atoms with E-state index < -0.39 is 23.7 Å². The Hall–Kier alpha value is -4.19. The molecule has 9 nitrogen and oxygen atoms in total. The summed E-state index contributed by atoms with van der Waals surface area (Å²) in [6.07, 6.45) is -3.17. The normalized spacial score (nSPS) is 13.7. The second-order valence-corrected chi connectivity index (χ2v) is 8.39. The van der Waals surface area contributed by atoms with Crippen molar-refractivity contribution in [2.75, 3.05) is 53.8 Å². The molecule has 1 saturated heterocycles. The van der Waals surface area contributed by atoms with E-state index in [1.807, 2.05) is 4.90 Å². The maximum Gasteiger partial charge on any atom is 0.416 e. The highest BCUT2D eigenvalue weighted by Gasteiger charge is 2.31. The quantitative estimate of drug-likeness (QED) is 0.518. The Balaban J connectivity index is 1.46. The van der Waals surface area contributed by atoms with Gasteiger partial charge in [-0.15, -0.1) is 0 Å². The largest absolute Gasteiger partial charge is 0.416 e. The molecule has 1 fully saturated rings. The fraction of sp³-hybridized carbons (Fsp3) is 0.280. The molecular weight excluding hydrogens is 489 g/mol. The van der Waals surface area contributed by atoms with Crippen molar-refractivity contribution in [1.29, 1.82) is 0 Å². The van der Waals surface area contributed by atoms with Gasteiger partial charge in [0.05, 0.1) is 18.8 Å². The third kappa shape index (κ3) is 6.33. The maximum atomic E-state index is 13.0. The molecule has 12 heteroatoms. The Labute approximate surface area is 211 Å². The van der Waals surface area contributed by atoms with Crippen LogP contribution in [0.2, 0.25) is 0 Å². The van der Waals surface area contributed by atoms with Crippen LogP contribution in [0.25, 0.3) is 0 Å². The van der Waals surface area contributed by atoms with Gasteiger partial charge in [-0.3, -0.25) is 9.69 Å². The minimum Gasteiger partial charge on any atom is -0.378 e. The lowest BCUT2D eigenvalue weighted by atomic mass is 10.1. The number of carbonyl (C=O) groups is 2. The maximum absolute atomic E-state index is 13.0. The number of alkyl halides is 3. The van der Waals surface area contributed by atoms with E-state index in [0.717, 1.165) is 17.7 Å². The molecule has 194 valence electrons. The first-order valence-corrected chi connectivity index (χ1v) is 11.4. The monoisotopic (exact) mass is 514 g/mol. The number of anilines is 4. The molecule has 0 saturated carbocycles. The van der Waals surface area contributed by atoms with Crippen LogP contribution in [0.15, 0.2) is 54.9 Å². The summed E-state index contributed by atoms with van der Waals surface area (Å²) in [5.41, 5.74) is 0.390. The molecule has 2 heterocycles. The van der Waals surface area contributed by atoms with Crippen molar-refractivity contribution in [3.63, 3.8) is 0 Å². The Morgan fingerprint density at radius 1 is 1.03 bits per heavy atom. The number of morpholine rings is 1. The summed E-state index contributed by atoms with van der Waals surface area (Å²) in [5, 5.41) is 5.36. The molecule has 0 aliphatic carbocycles. The summed E-state index contributed by atoms with van der Waals surface area (Å²) < 4.78 is 44.3. The highest BCUT2D eigenvalue weighted by atomic mass is 19.4. The van der Waals surface area contributed by atoms with Gasteiger partial charge in [-0.1, -0.05) is 12.1 Å². The third-order valence-corrected chi connectivity index (χ3v) is 5.81. The minimum atomic E-state index is -4.56. The standard InChI is InChI=1S/C25H25F3N6O3/c1-16-6-7-19(31-23(35)17-4-3-5-18(12-17)25(26,27)28)13-20(16)32-24(36)33(2)21-14-22(30-15-29-21)34-8-10-37-11-9-34/h3-7,12-15H,8-11H2,1-2H3,(H,31,35)(H,32,36). The molecule has 1 aromatic heterocycles. The fourth-order valence-electron chi connectivity index (χ4n) is 3.66. The van der Waals surface area contributed by atoms with Crippen LogP contribution in [-0.4, -0.2) is 55.3 Å². The number of rotatable bonds is 5. The van der Waals surface area contributed by atoms with Crippen LogP contribution in [0.5, 0.6) is 0 Å². The molecule has 1 aliphatic rings. The summed E-state index contributed by atoms with van der Waals surface area (Å²) >= 11 is 0. The number of nitrogens with zero attached hydrogens (tertiary/aromatic N) is 4. The average Bonchev–Trinajstić information content (AvgIpc) is 2.90. The van der Waals surface area contributed by atoms with Crippen LogP contribution in [0.1, 0.15) is 21.5 Å². The third-order valence-electron chi connectivity index (χ3n) is 5.81. The van der Waals surface area contributed by atoms with E-state index in [4.69, 9.17) is 4.74 Å². The Morgan fingerprint density at radius 3 is 2.51 bits per heavy atom. The number of amides is 3. The number of carbonyl (C=O) groups excluding carboxylic acids is 2. The van der Waals surface area contributed by atoms with E-state index in [1.54, 1.807) is 32.2 Å². The highest BCUT2D eigenvalue weighted by molar-refractivity contribution is 6.05. The van der Waals surface area contributed by atoms with E-state index in [1.165, 1.54) is 29.4 Å². The van der Waals surface area contributed by atoms with Gasteiger partial charge in [0.2, 0.25) is 0 Å². The highest BCUT2D eigenvalue weighted by Crippen LogP contribution is 2.30. The second kappa shape index (κ2) is 10.8. The van der Waals surface area contributed by atoms with Crippen molar-refractivity contribution in [1.82, 2.24) is 9.97 Å². The van der Waals surface area contributed by atoms with Gasteiger partial charge in [-0.25, -0.2) is 14.8 Å². The van der Waals surface area contributed by atoms with Crippen molar-refractivity contribution < 1.29 is 27.5 Å². The molecule has 0 spiro atoms. The first-order chi connectivity index (χ1) is 17.6. The van der Waals surface area contributed by atoms with Crippen LogP contribution in [0.4, 0.5) is 41.0 Å². The van der Waals surface area contributed by atoms with Gasteiger partial charge < -0.3 is 20.3 Å². The number of hydrogen-bond acceptors (Lipinski definition) is 6. The van der Waals surface area contributed by atoms with Crippen LogP contribution in [0, 0.1) is 6.92 Å². The first kappa shape index (κ1) is 25.9. The number of hydrogen-bond donors (Lipinski definition) is 2. The zero-order valence-corrected chi connectivity index (χ0v) is 20.2. The lowest BCUT2D eigenvalue weighted by Gasteiger charge is -2.28. The molecule has 2 aromatic carbocycles. The van der Waals surface area contributed by atoms with Gasteiger partial charge in [-0.2, -0.15) is 13.2 Å². The summed E-state index contributed by atoms with van der Waals surface area (Å²) in [6, 6.07) is 10.2. The number of aromatic nitrogens is 2. The Bertz CT molecular complexity index is 1290. The Morgan fingerprint density at radius 2 is 1.78 bits per heavy atom. The van der Waals surface area contributed by atoms with Crippen LogP contribution < -0.4 is 20.4 Å². The molecule has 2 N–H and O–H groups in total. The van der Waals surface area contributed by atoms with E-state index in [2.05, 4.69) is 20.6 Å². The van der Waals surface area contributed by atoms with Crippen molar-refractivity contribution in [2.24, 2.45) is 0 Å². The van der Waals surface area contributed by atoms with Gasteiger partial charge in [0.15, 0.2) is 0 Å². The van der Waals surface area contributed by atoms with E-state index in [-0.39, 0.29) is 5.56 Å². The number of ether oxygens (including phenoxy) is 1. The van der Waals surface area contributed by atoms with Crippen LogP contribution in [0.3, 0.4) is 0 Å². The number of aryl methyl sites for hydroxylation is 1. The van der Waals surface area contributed by atoms with Crippen molar-refractivity contribution in [3.05, 3.63) is 71.5 Å². The zero-order chi connectivity index (χ0) is 26.6.